The Morgan fingerprint density at radius 3 is 2.27 bits per heavy atom. The summed E-state index contributed by atoms with van der Waals surface area (Å²) in [5.41, 5.74) is 0. The second kappa shape index (κ2) is 4.06. The van der Waals surface area contributed by atoms with Gasteiger partial charge in [-0.05, 0) is 0 Å². The molecule has 0 atom stereocenters. The molecule has 4 heteroatoms. The van der Waals surface area contributed by atoms with Gasteiger partial charge in [0, 0.05) is 0 Å². The van der Waals surface area contributed by atoms with E-state index in [0.717, 1.165) is 9.36 Å². The molecule has 2 nitrogen and oxygen atoms in total. The first-order chi connectivity index (χ1) is 5.24. The molecule has 0 aliphatic heterocycles. The summed E-state index contributed by atoms with van der Waals surface area (Å²) in [7, 11) is 7.06. The van der Waals surface area contributed by atoms with Crippen molar-refractivity contribution in [3.63, 3.8) is 0 Å². The van der Waals surface area contributed by atoms with Crippen molar-refractivity contribution in [2.75, 3.05) is 7.11 Å². The normalized spacial score (nSPS) is 10.1. The number of halogens is 1. The maximum atomic E-state index is 10.8. The van der Waals surface area contributed by atoms with E-state index in [2.05, 4.69) is 0 Å². The molecule has 0 fully saturated rings. The first-order valence-electron chi connectivity index (χ1n) is 2.96. The third kappa shape index (κ3) is 2.44. The van der Waals surface area contributed by atoms with Gasteiger partial charge in [-0.3, -0.25) is 0 Å². The van der Waals surface area contributed by atoms with Crippen LogP contribution in [0.15, 0.2) is 24.3 Å². The van der Waals surface area contributed by atoms with E-state index in [9.17, 15) is 3.10 Å². The average Bonchev–Trinajstić information content (AvgIpc) is 2.05. The molecule has 0 spiro atoms. The Kier molecular flexibility index (Phi) is 3.32. The molecule has 1 aromatic rings. The molecule has 0 bridgehead atoms. The van der Waals surface area contributed by atoms with E-state index in [1.54, 1.807) is 31.4 Å². The molecule has 0 aliphatic carbocycles. The SMILES string of the molecule is COc1ccc([Te](=O)Cl)cc1. The minimum atomic E-state index is -2.67. The van der Waals surface area contributed by atoms with Crippen LogP contribution in [-0.2, 0) is 3.10 Å². The van der Waals surface area contributed by atoms with Crippen molar-refractivity contribution in [3.8, 4) is 5.75 Å². The van der Waals surface area contributed by atoms with E-state index in [4.69, 9.17) is 13.7 Å². The summed E-state index contributed by atoms with van der Waals surface area (Å²) in [5, 5.41) is 0. The van der Waals surface area contributed by atoms with Gasteiger partial charge in [-0.25, -0.2) is 0 Å². The summed E-state index contributed by atoms with van der Waals surface area (Å²) in [4.78, 5) is 0. The molecule has 0 unspecified atom stereocenters. The Bertz CT molecular complexity index is 258. The average molecular weight is 286 g/mol. The van der Waals surface area contributed by atoms with Gasteiger partial charge in [0.25, 0.3) is 0 Å². The Balaban J connectivity index is 2.91. The predicted molar refractivity (Wildman–Crippen MR) is 44.9 cm³/mol. The molecule has 0 heterocycles. The van der Waals surface area contributed by atoms with E-state index in [-0.39, 0.29) is 0 Å². The Morgan fingerprint density at radius 1 is 1.36 bits per heavy atom. The summed E-state index contributed by atoms with van der Waals surface area (Å²) in [6.07, 6.45) is 0. The fourth-order valence-corrected chi connectivity index (χ4v) is 2.37. The van der Waals surface area contributed by atoms with Crippen LogP contribution in [-0.4, -0.2) is 25.5 Å². The van der Waals surface area contributed by atoms with E-state index in [1.807, 2.05) is 0 Å². The fourth-order valence-electron chi connectivity index (χ4n) is 0.683. The third-order valence-corrected chi connectivity index (χ3v) is 4.27. The molecule has 0 aliphatic rings. The molecule has 60 valence electrons. The Labute approximate surface area is 75.9 Å². The molecule has 11 heavy (non-hydrogen) atoms. The molecule has 0 aromatic heterocycles. The number of rotatable bonds is 2. The zero-order chi connectivity index (χ0) is 8.27. The van der Waals surface area contributed by atoms with Crippen molar-refractivity contribution >= 4 is 31.0 Å². The second-order valence-corrected chi connectivity index (χ2v) is 6.40. The molecular formula is C7H7ClO2Te. The van der Waals surface area contributed by atoms with Gasteiger partial charge in [-0.15, -0.1) is 0 Å². The summed E-state index contributed by atoms with van der Waals surface area (Å²) in [5.74, 6) is 0.755. The molecule has 1 rings (SSSR count). The molecule has 0 N–H and O–H groups in total. The van der Waals surface area contributed by atoms with Crippen molar-refractivity contribution in [3.05, 3.63) is 24.3 Å². The van der Waals surface area contributed by atoms with Gasteiger partial charge in [-0.2, -0.15) is 0 Å². The number of hydrogen-bond acceptors (Lipinski definition) is 2. The van der Waals surface area contributed by atoms with Gasteiger partial charge >= 0.3 is 76.0 Å². The molecule has 0 amide bonds. The number of hydrogen-bond donors (Lipinski definition) is 0. The van der Waals surface area contributed by atoms with Crippen LogP contribution in [0, 0.1) is 0 Å². The van der Waals surface area contributed by atoms with Gasteiger partial charge < -0.3 is 0 Å². The Hall–Kier alpha value is -0.100. The first-order valence-corrected chi connectivity index (χ1v) is 8.03. The van der Waals surface area contributed by atoms with Gasteiger partial charge in [0.15, 0.2) is 0 Å². The summed E-state index contributed by atoms with van der Waals surface area (Å²) in [6, 6.07) is 6.97. The van der Waals surface area contributed by atoms with Gasteiger partial charge in [0.2, 0.25) is 0 Å². The van der Waals surface area contributed by atoms with Crippen LogP contribution in [0.5, 0.6) is 5.75 Å². The van der Waals surface area contributed by atoms with E-state index < -0.39 is 18.4 Å². The monoisotopic (exact) mass is 288 g/mol. The van der Waals surface area contributed by atoms with Crippen LogP contribution in [0.4, 0.5) is 0 Å². The van der Waals surface area contributed by atoms with Gasteiger partial charge in [0.1, 0.15) is 0 Å². The molecule has 0 radical (unpaired) electrons. The molecule has 0 saturated carbocycles. The second-order valence-electron chi connectivity index (χ2n) is 1.90. The maximum absolute atomic E-state index is 10.8. The van der Waals surface area contributed by atoms with Crippen LogP contribution in [0.2, 0.25) is 0 Å². The van der Waals surface area contributed by atoms with Gasteiger partial charge in [-0.1, -0.05) is 0 Å². The van der Waals surface area contributed by atoms with Crippen molar-refractivity contribution in [1.82, 2.24) is 0 Å². The van der Waals surface area contributed by atoms with Crippen LogP contribution in [0.1, 0.15) is 0 Å². The van der Waals surface area contributed by atoms with Gasteiger partial charge in [0.05, 0.1) is 0 Å². The summed E-state index contributed by atoms with van der Waals surface area (Å²) >= 11 is -2.67. The van der Waals surface area contributed by atoms with Crippen molar-refractivity contribution in [1.29, 1.82) is 0 Å². The van der Waals surface area contributed by atoms with E-state index >= 15 is 0 Å². The number of ether oxygens (including phenoxy) is 1. The predicted octanol–water partition coefficient (Wildman–Crippen LogP) is 1.06. The molecular weight excluding hydrogens is 279 g/mol. The van der Waals surface area contributed by atoms with Crippen molar-refractivity contribution in [2.24, 2.45) is 0 Å². The topological polar surface area (TPSA) is 26.3 Å². The molecule has 1 aromatic carbocycles. The van der Waals surface area contributed by atoms with E-state index in [1.165, 1.54) is 0 Å². The van der Waals surface area contributed by atoms with Crippen molar-refractivity contribution < 1.29 is 7.84 Å². The summed E-state index contributed by atoms with van der Waals surface area (Å²) < 4.78 is 16.5. The zero-order valence-electron chi connectivity index (χ0n) is 5.91. The fraction of sp³-hybridized carbons (Fsp3) is 0.143. The van der Waals surface area contributed by atoms with Crippen LogP contribution in [0.3, 0.4) is 0 Å². The van der Waals surface area contributed by atoms with Crippen LogP contribution in [0.25, 0.3) is 0 Å². The number of benzene rings is 1. The van der Waals surface area contributed by atoms with Crippen molar-refractivity contribution in [2.45, 2.75) is 0 Å². The minimum absolute atomic E-state index is 0.732. The quantitative estimate of drug-likeness (QED) is 0.760. The van der Waals surface area contributed by atoms with Crippen LogP contribution >= 0.6 is 8.96 Å². The summed E-state index contributed by atoms with van der Waals surface area (Å²) in [6.45, 7) is 0. The van der Waals surface area contributed by atoms with Crippen LogP contribution < -0.4 is 8.35 Å². The first kappa shape index (κ1) is 8.99. The third-order valence-electron chi connectivity index (χ3n) is 1.24. The van der Waals surface area contributed by atoms with E-state index in [0.29, 0.717) is 0 Å². The zero-order valence-corrected chi connectivity index (χ0v) is 9.00. The number of methoxy groups -OCH3 is 1. The standard InChI is InChI=1S/C7H7ClO2Te/c1-10-6-2-4-7(5-3-6)11(8)9/h2-5H,1H3. The Morgan fingerprint density at radius 2 is 1.91 bits per heavy atom. The molecule has 0 saturated heterocycles.